The van der Waals surface area contributed by atoms with Crippen LogP contribution in [0.25, 0.3) is 0 Å². The van der Waals surface area contributed by atoms with Crippen LogP contribution in [0.4, 0.5) is 11.4 Å². The minimum atomic E-state index is -0.314. The number of nitrogens with zero attached hydrogens (tertiary/aromatic N) is 2. The highest BCUT2D eigenvalue weighted by molar-refractivity contribution is 5.99. The molecule has 0 atom stereocenters. The van der Waals surface area contributed by atoms with Crippen LogP contribution in [0.1, 0.15) is 54.4 Å². The van der Waals surface area contributed by atoms with Crippen LogP contribution in [-0.4, -0.2) is 10.7 Å². The summed E-state index contributed by atoms with van der Waals surface area (Å²) < 4.78 is 0. The lowest BCUT2D eigenvalue weighted by Gasteiger charge is -2.29. The van der Waals surface area contributed by atoms with Crippen LogP contribution in [0, 0.1) is 27.7 Å². The second-order valence-corrected chi connectivity index (χ2v) is 8.36. The highest BCUT2D eigenvalue weighted by Crippen LogP contribution is 2.29. The van der Waals surface area contributed by atoms with E-state index >= 15 is 0 Å². The average molecular weight is 386 g/mol. The van der Waals surface area contributed by atoms with Gasteiger partial charge < -0.3 is 5.32 Å². The number of aryl methyl sites for hydroxylation is 4. The van der Waals surface area contributed by atoms with Gasteiger partial charge in [-0.15, -0.1) is 0 Å². The van der Waals surface area contributed by atoms with Gasteiger partial charge in [0, 0.05) is 5.69 Å². The molecule has 150 valence electrons. The molecule has 0 aliphatic carbocycles. The van der Waals surface area contributed by atoms with Gasteiger partial charge in [0.1, 0.15) is 0 Å². The van der Waals surface area contributed by atoms with Crippen molar-refractivity contribution in [3.05, 3.63) is 88.2 Å². The zero-order valence-electron chi connectivity index (χ0n) is 18.6. The smallest absolute Gasteiger partial charge is 0.0846 e. The van der Waals surface area contributed by atoms with Gasteiger partial charge in [-0.2, -0.15) is 0 Å². The fourth-order valence-electron chi connectivity index (χ4n) is 3.58. The summed E-state index contributed by atoms with van der Waals surface area (Å²) >= 11 is 0. The topological polar surface area (TPSA) is 37.3 Å². The molecule has 3 heteroatoms. The predicted octanol–water partition coefficient (Wildman–Crippen LogP) is 6.80. The van der Waals surface area contributed by atoms with Crippen molar-refractivity contribution in [2.45, 2.75) is 54.0 Å². The van der Waals surface area contributed by atoms with Crippen molar-refractivity contribution in [3.8, 4) is 0 Å². The molecule has 0 amide bonds. The first kappa shape index (κ1) is 20.8. The lowest BCUT2D eigenvalue weighted by atomic mass is 9.97. The van der Waals surface area contributed by atoms with Crippen molar-refractivity contribution >= 4 is 17.1 Å². The molecule has 0 saturated heterocycles. The van der Waals surface area contributed by atoms with E-state index in [1.807, 2.05) is 13.0 Å². The Bertz CT molecular complexity index is 1020. The molecule has 0 unspecified atom stereocenters. The highest BCUT2D eigenvalue weighted by Gasteiger charge is 2.24. The van der Waals surface area contributed by atoms with Gasteiger partial charge in [-0.3, -0.25) is 4.99 Å². The molecule has 3 rings (SSSR count). The number of hydrogen-bond donors (Lipinski definition) is 1. The summed E-state index contributed by atoms with van der Waals surface area (Å²) in [5, 5.41) is 3.70. The Kier molecular flexibility index (Phi) is 5.88. The number of aromatic nitrogens is 1. The van der Waals surface area contributed by atoms with E-state index < -0.39 is 0 Å². The molecule has 2 aromatic carbocycles. The summed E-state index contributed by atoms with van der Waals surface area (Å²) in [6.07, 6.45) is 0. The summed E-state index contributed by atoms with van der Waals surface area (Å²) in [7, 11) is 0. The van der Waals surface area contributed by atoms with Crippen LogP contribution < -0.4 is 5.32 Å². The summed E-state index contributed by atoms with van der Waals surface area (Å²) in [6.45, 7) is 14.8. The van der Waals surface area contributed by atoms with E-state index in [1.165, 1.54) is 27.9 Å². The van der Waals surface area contributed by atoms with Crippen LogP contribution in [0.5, 0.6) is 0 Å². The van der Waals surface area contributed by atoms with Gasteiger partial charge in [0.05, 0.1) is 28.3 Å². The van der Waals surface area contributed by atoms with Crippen molar-refractivity contribution in [3.63, 3.8) is 0 Å². The molecule has 1 heterocycles. The molecule has 1 N–H and O–H groups in total. The Balaban J connectivity index is 1.95. The van der Waals surface area contributed by atoms with Crippen LogP contribution in [0.15, 0.2) is 59.6 Å². The molecule has 3 nitrogen and oxygen atoms in total. The highest BCUT2D eigenvalue weighted by atomic mass is 15.0. The first-order chi connectivity index (χ1) is 13.7. The third kappa shape index (κ3) is 4.56. The number of benzene rings is 2. The van der Waals surface area contributed by atoms with E-state index in [1.54, 1.807) is 0 Å². The monoisotopic (exact) mass is 385 g/mol. The zero-order chi connectivity index (χ0) is 21.2. The second-order valence-electron chi connectivity index (χ2n) is 8.36. The molecular formula is C26H31N3. The maximum Gasteiger partial charge on any atom is 0.0846 e. The molecule has 29 heavy (non-hydrogen) atoms. The van der Waals surface area contributed by atoms with Crippen molar-refractivity contribution in [1.82, 2.24) is 4.98 Å². The Labute approximate surface area is 174 Å². The van der Waals surface area contributed by atoms with Crippen molar-refractivity contribution in [2.24, 2.45) is 4.99 Å². The van der Waals surface area contributed by atoms with Gasteiger partial charge in [0.2, 0.25) is 0 Å². The van der Waals surface area contributed by atoms with Gasteiger partial charge in [0.15, 0.2) is 0 Å². The normalized spacial score (nSPS) is 12.2. The molecule has 0 fully saturated rings. The maximum absolute atomic E-state index is 4.96. The van der Waals surface area contributed by atoms with Crippen LogP contribution in [-0.2, 0) is 5.54 Å². The minimum Gasteiger partial charge on any atom is -0.374 e. The lowest BCUT2D eigenvalue weighted by molar-refractivity contribution is 0.585. The quantitative estimate of drug-likeness (QED) is 0.490. The molecular weight excluding hydrogens is 354 g/mol. The first-order valence-corrected chi connectivity index (χ1v) is 10.1. The number of rotatable bonds is 5. The van der Waals surface area contributed by atoms with E-state index in [4.69, 9.17) is 9.98 Å². The molecule has 0 aliphatic heterocycles. The Morgan fingerprint density at radius 2 is 1.31 bits per heavy atom. The molecule has 0 bridgehead atoms. The number of aliphatic imine (C=N–C) groups is 1. The molecule has 0 saturated carbocycles. The third-order valence-corrected chi connectivity index (χ3v) is 5.40. The predicted molar refractivity (Wildman–Crippen MR) is 125 cm³/mol. The minimum absolute atomic E-state index is 0.314. The summed E-state index contributed by atoms with van der Waals surface area (Å²) in [5.74, 6) is 0. The van der Waals surface area contributed by atoms with Crippen molar-refractivity contribution in [2.75, 3.05) is 5.32 Å². The average Bonchev–Trinajstić information content (AvgIpc) is 2.68. The maximum atomic E-state index is 4.96. The Morgan fingerprint density at radius 1 is 0.793 bits per heavy atom. The largest absolute Gasteiger partial charge is 0.374 e. The number of anilines is 1. The summed E-state index contributed by atoms with van der Waals surface area (Å²) in [6, 6.07) is 18.8. The molecule has 0 radical (unpaired) electrons. The van der Waals surface area contributed by atoms with Gasteiger partial charge >= 0.3 is 0 Å². The fourth-order valence-corrected chi connectivity index (χ4v) is 3.58. The van der Waals surface area contributed by atoms with Gasteiger partial charge in [-0.05, 0) is 82.9 Å². The Hall–Kier alpha value is -2.94. The Morgan fingerprint density at radius 3 is 1.90 bits per heavy atom. The number of pyridine rings is 1. The van der Waals surface area contributed by atoms with Crippen molar-refractivity contribution in [1.29, 1.82) is 0 Å². The van der Waals surface area contributed by atoms with Crippen LogP contribution in [0.3, 0.4) is 0 Å². The standard InChI is InChI=1S/C26H31N3/c1-17-11-8-12-18(2)24(17)27-21(5)22-15-10-16-23(28-22)26(6,7)29-25-19(3)13-9-14-20(25)4/h8-16,29H,1-7H3. The zero-order valence-corrected chi connectivity index (χ0v) is 18.6. The fraction of sp³-hybridized carbons (Fsp3) is 0.308. The van der Waals surface area contributed by atoms with Gasteiger partial charge in [-0.1, -0.05) is 42.5 Å². The van der Waals surface area contributed by atoms with Gasteiger partial charge in [0.25, 0.3) is 0 Å². The number of hydrogen-bond acceptors (Lipinski definition) is 3. The molecule has 3 aromatic rings. The summed E-state index contributed by atoms with van der Waals surface area (Å²) in [5.41, 5.74) is 9.54. The number of nitrogens with one attached hydrogen (secondary N) is 1. The van der Waals surface area contributed by atoms with E-state index in [-0.39, 0.29) is 5.54 Å². The molecule has 0 spiro atoms. The SMILES string of the molecule is CC(=Nc1c(C)cccc1C)c1cccc(C(C)(C)Nc2c(C)cccc2C)n1. The first-order valence-electron chi connectivity index (χ1n) is 10.1. The van der Waals surface area contributed by atoms with Crippen molar-refractivity contribution < 1.29 is 0 Å². The van der Waals surface area contributed by atoms with Crippen LogP contribution in [0.2, 0.25) is 0 Å². The van der Waals surface area contributed by atoms with Gasteiger partial charge in [-0.25, -0.2) is 4.98 Å². The summed E-state index contributed by atoms with van der Waals surface area (Å²) in [4.78, 5) is 9.86. The van der Waals surface area contributed by atoms with Crippen LogP contribution >= 0.6 is 0 Å². The van der Waals surface area contributed by atoms with E-state index in [0.29, 0.717) is 0 Å². The van der Waals surface area contributed by atoms with E-state index in [9.17, 15) is 0 Å². The lowest BCUT2D eigenvalue weighted by Crippen LogP contribution is -2.30. The molecule has 0 aliphatic rings. The second kappa shape index (κ2) is 8.20. The number of para-hydroxylation sites is 2. The van der Waals surface area contributed by atoms with E-state index in [0.717, 1.165) is 22.8 Å². The molecule has 1 aromatic heterocycles. The third-order valence-electron chi connectivity index (χ3n) is 5.40. The van der Waals surface area contributed by atoms with E-state index in [2.05, 4.69) is 95.4 Å².